The summed E-state index contributed by atoms with van der Waals surface area (Å²) in [5, 5.41) is 0. The molecule has 0 N–H and O–H groups in total. The van der Waals surface area contributed by atoms with Gasteiger partial charge in [0.2, 0.25) is 0 Å². The molecule has 1 aliphatic rings. The van der Waals surface area contributed by atoms with Crippen LogP contribution in [0, 0.1) is 0 Å². The van der Waals surface area contributed by atoms with Crippen LogP contribution in [0.2, 0.25) is 0 Å². The molecule has 0 aromatic heterocycles. The first kappa shape index (κ1) is 16.3. The maximum absolute atomic E-state index is 12.3. The summed E-state index contributed by atoms with van der Waals surface area (Å²) in [7, 11) is 0. The van der Waals surface area contributed by atoms with Crippen LogP contribution < -0.4 is 4.74 Å². The molecule has 5 nitrogen and oxygen atoms in total. The van der Waals surface area contributed by atoms with Gasteiger partial charge >= 0.3 is 5.97 Å². The van der Waals surface area contributed by atoms with Gasteiger partial charge in [-0.15, -0.1) is 0 Å². The van der Waals surface area contributed by atoms with E-state index in [1.165, 1.54) is 0 Å². The van der Waals surface area contributed by atoms with Crippen molar-refractivity contribution >= 4 is 11.9 Å². The lowest BCUT2D eigenvalue weighted by atomic mass is 10.2. The normalized spacial score (nSPS) is 14.0. The van der Waals surface area contributed by atoms with Gasteiger partial charge in [-0.2, -0.15) is 0 Å². The van der Waals surface area contributed by atoms with Crippen molar-refractivity contribution in [2.75, 3.05) is 26.3 Å². The maximum atomic E-state index is 12.3. The van der Waals surface area contributed by atoms with Gasteiger partial charge in [-0.05, 0) is 44.4 Å². The minimum absolute atomic E-state index is 0.0643. The van der Waals surface area contributed by atoms with E-state index in [1.807, 2.05) is 23.1 Å². The average molecular weight is 305 g/mol. The van der Waals surface area contributed by atoms with Gasteiger partial charge in [-0.1, -0.05) is 6.07 Å². The molecule has 1 saturated heterocycles. The lowest BCUT2D eigenvalue weighted by Gasteiger charge is -2.15. The standard InChI is InChI=1S/C17H23NO4/c1-2-21-16(19)9-6-12-22-15-8-5-7-14(13-15)17(20)18-10-3-4-11-18/h5,7-8,13H,2-4,6,9-12H2,1H3. The fourth-order valence-electron chi connectivity index (χ4n) is 2.46. The number of hydrogen-bond donors (Lipinski definition) is 0. The lowest BCUT2D eigenvalue weighted by Crippen LogP contribution is -2.27. The Bertz CT molecular complexity index is 509. The molecular weight excluding hydrogens is 282 g/mol. The third-order valence-corrected chi connectivity index (χ3v) is 3.57. The summed E-state index contributed by atoms with van der Waals surface area (Å²) in [6.07, 6.45) is 3.11. The van der Waals surface area contributed by atoms with Crippen LogP contribution in [0.5, 0.6) is 5.75 Å². The van der Waals surface area contributed by atoms with Crippen molar-refractivity contribution in [3.63, 3.8) is 0 Å². The number of ether oxygens (including phenoxy) is 2. The van der Waals surface area contributed by atoms with Crippen LogP contribution in [-0.2, 0) is 9.53 Å². The number of amides is 1. The maximum Gasteiger partial charge on any atom is 0.305 e. The average Bonchev–Trinajstić information content (AvgIpc) is 3.06. The number of nitrogens with zero attached hydrogens (tertiary/aromatic N) is 1. The number of esters is 1. The van der Waals surface area contributed by atoms with Crippen molar-refractivity contribution in [3.8, 4) is 5.75 Å². The van der Waals surface area contributed by atoms with Gasteiger partial charge in [0.25, 0.3) is 5.91 Å². The number of benzene rings is 1. The monoisotopic (exact) mass is 305 g/mol. The number of rotatable bonds is 7. The lowest BCUT2D eigenvalue weighted by molar-refractivity contribution is -0.143. The van der Waals surface area contributed by atoms with Crippen molar-refractivity contribution in [2.24, 2.45) is 0 Å². The fraction of sp³-hybridized carbons (Fsp3) is 0.529. The Balaban J connectivity index is 1.81. The van der Waals surface area contributed by atoms with Crippen molar-refractivity contribution in [1.29, 1.82) is 0 Å². The molecule has 1 aromatic rings. The topological polar surface area (TPSA) is 55.8 Å². The van der Waals surface area contributed by atoms with E-state index in [4.69, 9.17) is 9.47 Å². The molecule has 1 fully saturated rings. The highest BCUT2D eigenvalue weighted by atomic mass is 16.5. The summed E-state index contributed by atoms with van der Waals surface area (Å²) in [4.78, 5) is 25.4. The number of hydrogen-bond acceptors (Lipinski definition) is 4. The highest BCUT2D eigenvalue weighted by Gasteiger charge is 2.19. The molecule has 0 bridgehead atoms. The first-order valence-corrected chi connectivity index (χ1v) is 7.88. The minimum Gasteiger partial charge on any atom is -0.494 e. The molecule has 120 valence electrons. The largest absolute Gasteiger partial charge is 0.494 e. The van der Waals surface area contributed by atoms with Crippen LogP contribution in [0.1, 0.15) is 43.0 Å². The first-order valence-electron chi connectivity index (χ1n) is 7.88. The SMILES string of the molecule is CCOC(=O)CCCOc1cccc(C(=O)N2CCCC2)c1. The predicted octanol–water partition coefficient (Wildman–Crippen LogP) is 2.64. The van der Waals surface area contributed by atoms with E-state index in [1.54, 1.807) is 13.0 Å². The zero-order valence-electron chi connectivity index (χ0n) is 13.0. The van der Waals surface area contributed by atoms with E-state index in [0.29, 0.717) is 37.4 Å². The minimum atomic E-state index is -0.205. The van der Waals surface area contributed by atoms with Crippen molar-refractivity contribution < 1.29 is 19.1 Å². The van der Waals surface area contributed by atoms with Gasteiger partial charge in [-0.3, -0.25) is 9.59 Å². The van der Waals surface area contributed by atoms with E-state index < -0.39 is 0 Å². The molecular formula is C17H23NO4. The smallest absolute Gasteiger partial charge is 0.305 e. The van der Waals surface area contributed by atoms with Crippen LogP contribution in [0.15, 0.2) is 24.3 Å². The van der Waals surface area contributed by atoms with Crippen molar-refractivity contribution in [3.05, 3.63) is 29.8 Å². The molecule has 1 heterocycles. The first-order chi connectivity index (χ1) is 10.7. The van der Waals surface area contributed by atoms with Gasteiger partial charge in [0, 0.05) is 25.1 Å². The van der Waals surface area contributed by atoms with Crippen LogP contribution >= 0.6 is 0 Å². The highest BCUT2D eigenvalue weighted by Crippen LogP contribution is 2.18. The van der Waals surface area contributed by atoms with E-state index in [9.17, 15) is 9.59 Å². The molecule has 22 heavy (non-hydrogen) atoms. The molecule has 1 amide bonds. The van der Waals surface area contributed by atoms with E-state index in [2.05, 4.69) is 0 Å². The summed E-state index contributed by atoms with van der Waals surface area (Å²) < 4.78 is 10.5. The molecule has 2 rings (SSSR count). The Hall–Kier alpha value is -2.04. The van der Waals surface area contributed by atoms with Crippen LogP contribution in [0.4, 0.5) is 0 Å². The van der Waals surface area contributed by atoms with Crippen LogP contribution in [-0.4, -0.2) is 43.1 Å². The van der Waals surface area contributed by atoms with Gasteiger partial charge < -0.3 is 14.4 Å². The molecule has 0 atom stereocenters. The molecule has 1 aliphatic heterocycles. The Labute approximate surface area is 131 Å². The number of carbonyl (C=O) groups excluding carboxylic acids is 2. The van der Waals surface area contributed by atoms with Gasteiger partial charge in [0.15, 0.2) is 0 Å². The molecule has 1 aromatic carbocycles. The van der Waals surface area contributed by atoms with Crippen LogP contribution in [0.3, 0.4) is 0 Å². The van der Waals surface area contributed by atoms with E-state index >= 15 is 0 Å². The predicted molar refractivity (Wildman–Crippen MR) is 82.9 cm³/mol. The fourth-order valence-corrected chi connectivity index (χ4v) is 2.46. The number of likely N-dealkylation sites (tertiary alicyclic amines) is 1. The summed E-state index contributed by atoms with van der Waals surface area (Å²) in [6, 6.07) is 7.23. The Morgan fingerprint density at radius 1 is 1.23 bits per heavy atom. The quantitative estimate of drug-likeness (QED) is 0.574. The summed E-state index contributed by atoms with van der Waals surface area (Å²) in [6.45, 7) is 4.30. The third-order valence-electron chi connectivity index (χ3n) is 3.57. The summed E-state index contributed by atoms with van der Waals surface area (Å²) in [5.74, 6) is 0.521. The summed E-state index contributed by atoms with van der Waals surface area (Å²) >= 11 is 0. The third kappa shape index (κ3) is 4.76. The Morgan fingerprint density at radius 2 is 2.00 bits per heavy atom. The van der Waals surface area contributed by atoms with Gasteiger partial charge in [0.05, 0.1) is 13.2 Å². The highest BCUT2D eigenvalue weighted by molar-refractivity contribution is 5.94. The van der Waals surface area contributed by atoms with Crippen molar-refractivity contribution in [2.45, 2.75) is 32.6 Å². The van der Waals surface area contributed by atoms with Crippen molar-refractivity contribution in [1.82, 2.24) is 4.90 Å². The molecule has 0 aliphatic carbocycles. The number of carbonyl (C=O) groups is 2. The van der Waals surface area contributed by atoms with E-state index in [0.717, 1.165) is 25.9 Å². The molecule has 0 saturated carbocycles. The zero-order chi connectivity index (χ0) is 15.8. The van der Waals surface area contributed by atoms with E-state index in [-0.39, 0.29) is 11.9 Å². The zero-order valence-corrected chi connectivity index (χ0v) is 13.0. The summed E-state index contributed by atoms with van der Waals surface area (Å²) in [5.41, 5.74) is 0.657. The molecule has 0 unspecified atom stereocenters. The van der Waals surface area contributed by atoms with Gasteiger partial charge in [-0.25, -0.2) is 0 Å². The second-order valence-electron chi connectivity index (χ2n) is 5.28. The molecule has 5 heteroatoms. The van der Waals surface area contributed by atoms with Crippen LogP contribution in [0.25, 0.3) is 0 Å². The second-order valence-corrected chi connectivity index (χ2v) is 5.28. The second kappa shape index (κ2) is 8.41. The Kier molecular flexibility index (Phi) is 6.25. The Morgan fingerprint density at radius 3 is 2.73 bits per heavy atom. The molecule has 0 spiro atoms. The van der Waals surface area contributed by atoms with Gasteiger partial charge in [0.1, 0.15) is 5.75 Å². The molecule has 0 radical (unpaired) electrons.